The molecule has 2 heterocycles. The molecule has 3 amide bonds. The first-order valence-electron chi connectivity index (χ1n) is 15.6. The smallest absolute Gasteiger partial charge is 0.240 e. The standard InChI is InChI=1S/C26H33N5O3.C5H4N2O.C4H10/c1-4-26(2)14-19(24(33)31-26)12-20(15-27)30-23(32)16-29-25(34)22(28-3)13-18-10-7-9-17-8-5-6-11-21(17)18;8-4-5-3-6-1-2-7-5;1-4(2)3/h5-11,19-20,22,28H,4,12-14,16H2,1-3H3,(H,29,34)(H,30,32)(H,31,33);1-4H;4H,1-3H3. The van der Waals surface area contributed by atoms with Crippen molar-refractivity contribution in [3.63, 3.8) is 0 Å². The number of nitrogens with zero attached hydrogens (tertiary/aromatic N) is 3. The summed E-state index contributed by atoms with van der Waals surface area (Å²) in [4.78, 5) is 54.6. The van der Waals surface area contributed by atoms with E-state index in [2.05, 4.69) is 58.1 Å². The second-order valence-electron chi connectivity index (χ2n) is 12.2. The minimum Gasteiger partial charge on any atom is -0.351 e. The quantitative estimate of drug-likeness (QED) is 0.233. The van der Waals surface area contributed by atoms with Crippen molar-refractivity contribution >= 4 is 34.8 Å². The van der Waals surface area contributed by atoms with Crippen molar-refractivity contribution in [1.82, 2.24) is 31.2 Å². The number of hydrogen-bond acceptors (Lipinski definition) is 8. The van der Waals surface area contributed by atoms with Gasteiger partial charge in [0.1, 0.15) is 11.7 Å². The van der Waals surface area contributed by atoms with Crippen LogP contribution >= 0.6 is 0 Å². The molecular weight excluding hydrogens is 582 g/mol. The normalized spacial score (nSPS) is 18.0. The van der Waals surface area contributed by atoms with Crippen LogP contribution in [0.1, 0.15) is 69.9 Å². The molecule has 4 unspecified atom stereocenters. The first-order valence-corrected chi connectivity index (χ1v) is 15.6. The zero-order chi connectivity index (χ0) is 34.1. The highest BCUT2D eigenvalue weighted by atomic mass is 16.2. The number of carbonyl (C=O) groups excluding carboxylic acids is 4. The van der Waals surface area contributed by atoms with Gasteiger partial charge in [0.25, 0.3) is 0 Å². The maximum absolute atomic E-state index is 12.7. The van der Waals surface area contributed by atoms with Gasteiger partial charge < -0.3 is 21.3 Å². The Labute approximate surface area is 272 Å². The molecule has 4 atom stereocenters. The second-order valence-corrected chi connectivity index (χ2v) is 12.2. The van der Waals surface area contributed by atoms with Crippen molar-refractivity contribution in [3.05, 3.63) is 72.3 Å². The maximum Gasteiger partial charge on any atom is 0.240 e. The molecular formula is C35H47N7O4. The number of hydrogen-bond donors (Lipinski definition) is 4. The highest BCUT2D eigenvalue weighted by molar-refractivity contribution is 5.90. The molecule has 246 valence electrons. The Balaban J connectivity index is 0.000000514. The number of aromatic nitrogens is 2. The van der Waals surface area contributed by atoms with Crippen LogP contribution in [0.4, 0.5) is 0 Å². The van der Waals surface area contributed by atoms with E-state index in [1.807, 2.05) is 56.3 Å². The number of amides is 3. The number of fused-ring (bicyclic) bond motifs is 1. The summed E-state index contributed by atoms with van der Waals surface area (Å²) in [5.41, 5.74) is 1.13. The van der Waals surface area contributed by atoms with E-state index in [1.54, 1.807) is 7.05 Å². The predicted molar refractivity (Wildman–Crippen MR) is 179 cm³/mol. The Morgan fingerprint density at radius 1 is 1.15 bits per heavy atom. The monoisotopic (exact) mass is 629 g/mol. The van der Waals surface area contributed by atoms with E-state index in [9.17, 15) is 24.4 Å². The number of nitriles is 1. The average Bonchev–Trinajstić information content (AvgIpc) is 3.35. The average molecular weight is 630 g/mol. The molecule has 0 aliphatic carbocycles. The van der Waals surface area contributed by atoms with Gasteiger partial charge in [-0.2, -0.15) is 5.26 Å². The SMILES string of the molecule is CC(C)C.CCC1(C)CC(CC(C#N)NC(=O)CNC(=O)C(Cc2cccc3ccccc23)NC)C(=O)N1.O=Cc1cnccn1. The number of benzene rings is 2. The number of nitrogens with one attached hydrogen (secondary N) is 4. The lowest BCUT2D eigenvalue weighted by atomic mass is 9.89. The van der Waals surface area contributed by atoms with Gasteiger partial charge in [-0.1, -0.05) is 70.2 Å². The van der Waals surface area contributed by atoms with Crippen LogP contribution in [0.3, 0.4) is 0 Å². The van der Waals surface area contributed by atoms with Crippen LogP contribution in [0.25, 0.3) is 10.8 Å². The first-order chi connectivity index (χ1) is 21.9. The van der Waals surface area contributed by atoms with Gasteiger partial charge in [-0.15, -0.1) is 0 Å². The van der Waals surface area contributed by atoms with E-state index in [0.717, 1.165) is 28.7 Å². The maximum atomic E-state index is 12.7. The van der Waals surface area contributed by atoms with Crippen LogP contribution in [-0.4, -0.2) is 65.2 Å². The third-order valence-corrected chi connectivity index (χ3v) is 7.38. The summed E-state index contributed by atoms with van der Waals surface area (Å²) >= 11 is 0. The van der Waals surface area contributed by atoms with Gasteiger partial charge in [-0.3, -0.25) is 29.1 Å². The number of rotatable bonds is 11. The molecule has 4 N–H and O–H groups in total. The molecule has 0 radical (unpaired) electrons. The molecule has 3 aromatic rings. The molecule has 0 bridgehead atoms. The molecule has 0 saturated carbocycles. The summed E-state index contributed by atoms with van der Waals surface area (Å²) in [7, 11) is 1.71. The first kappa shape index (κ1) is 37.5. The predicted octanol–water partition coefficient (Wildman–Crippen LogP) is 3.74. The largest absolute Gasteiger partial charge is 0.351 e. The highest BCUT2D eigenvalue weighted by Gasteiger charge is 2.40. The fourth-order valence-corrected chi connectivity index (χ4v) is 4.86. The molecule has 46 heavy (non-hydrogen) atoms. The fourth-order valence-electron chi connectivity index (χ4n) is 4.86. The molecule has 1 aliphatic rings. The lowest BCUT2D eigenvalue weighted by Crippen LogP contribution is -2.48. The summed E-state index contributed by atoms with van der Waals surface area (Å²) in [6, 6.07) is 14.7. The summed E-state index contributed by atoms with van der Waals surface area (Å²) in [5, 5.41) is 22.9. The van der Waals surface area contributed by atoms with Crippen molar-refractivity contribution < 1.29 is 19.2 Å². The van der Waals surface area contributed by atoms with E-state index < -0.39 is 18.0 Å². The Kier molecular flexibility index (Phi) is 15.5. The Bertz CT molecular complexity index is 1470. The second kappa shape index (κ2) is 19.0. The third kappa shape index (κ3) is 12.4. The van der Waals surface area contributed by atoms with Crippen molar-refractivity contribution in [1.29, 1.82) is 5.26 Å². The third-order valence-electron chi connectivity index (χ3n) is 7.38. The molecule has 0 spiro atoms. The Hall–Kier alpha value is -4.69. The van der Waals surface area contributed by atoms with E-state index in [1.165, 1.54) is 18.6 Å². The number of likely N-dealkylation sites (N-methyl/N-ethyl adjacent to an activating group) is 1. The fraction of sp³-hybridized carbons (Fsp3) is 0.457. The minimum atomic E-state index is -0.796. The zero-order valence-electron chi connectivity index (χ0n) is 27.7. The van der Waals surface area contributed by atoms with Gasteiger partial charge in [-0.05, 0) is 61.9 Å². The molecule has 1 fully saturated rings. The molecule has 11 heteroatoms. The molecule has 2 aromatic carbocycles. The van der Waals surface area contributed by atoms with E-state index in [-0.39, 0.29) is 36.2 Å². The van der Waals surface area contributed by atoms with Gasteiger partial charge in [0, 0.05) is 23.9 Å². The summed E-state index contributed by atoms with van der Waals surface area (Å²) in [6.07, 6.45) is 7.22. The lowest BCUT2D eigenvalue weighted by molar-refractivity contribution is -0.127. The van der Waals surface area contributed by atoms with E-state index in [4.69, 9.17) is 0 Å². The van der Waals surface area contributed by atoms with Crippen molar-refractivity contribution in [2.45, 2.75) is 77.9 Å². The molecule has 11 nitrogen and oxygen atoms in total. The van der Waals surface area contributed by atoms with E-state index >= 15 is 0 Å². The van der Waals surface area contributed by atoms with Crippen LogP contribution in [0.5, 0.6) is 0 Å². The van der Waals surface area contributed by atoms with Crippen LogP contribution < -0.4 is 21.3 Å². The lowest BCUT2D eigenvalue weighted by Gasteiger charge is -2.21. The molecule has 4 rings (SSSR count). The highest BCUT2D eigenvalue weighted by Crippen LogP contribution is 2.30. The van der Waals surface area contributed by atoms with Crippen molar-refractivity contribution in [2.24, 2.45) is 11.8 Å². The zero-order valence-corrected chi connectivity index (χ0v) is 27.7. The van der Waals surface area contributed by atoms with Gasteiger partial charge >= 0.3 is 0 Å². The molecule has 1 saturated heterocycles. The van der Waals surface area contributed by atoms with Gasteiger partial charge in [-0.25, -0.2) is 0 Å². The van der Waals surface area contributed by atoms with Crippen molar-refractivity contribution in [3.8, 4) is 6.07 Å². The minimum absolute atomic E-state index is 0.0857. The van der Waals surface area contributed by atoms with Crippen LogP contribution in [0, 0.1) is 23.2 Å². The van der Waals surface area contributed by atoms with Gasteiger partial charge in [0.2, 0.25) is 17.7 Å². The Morgan fingerprint density at radius 3 is 2.41 bits per heavy atom. The van der Waals surface area contributed by atoms with E-state index in [0.29, 0.717) is 24.8 Å². The van der Waals surface area contributed by atoms with Crippen LogP contribution in [0.2, 0.25) is 0 Å². The topological polar surface area (TPSA) is 166 Å². The molecule has 1 aliphatic heterocycles. The van der Waals surface area contributed by atoms with Gasteiger partial charge in [0.15, 0.2) is 6.29 Å². The molecule has 1 aromatic heterocycles. The number of carbonyl (C=O) groups is 4. The Morgan fingerprint density at radius 2 is 1.85 bits per heavy atom. The van der Waals surface area contributed by atoms with Crippen LogP contribution in [0.15, 0.2) is 61.1 Å². The van der Waals surface area contributed by atoms with Crippen LogP contribution in [-0.2, 0) is 20.8 Å². The summed E-state index contributed by atoms with van der Waals surface area (Å²) in [5.74, 6) is -0.333. The van der Waals surface area contributed by atoms with Gasteiger partial charge in [0.05, 0.1) is 24.9 Å². The summed E-state index contributed by atoms with van der Waals surface area (Å²) < 4.78 is 0. The summed E-state index contributed by atoms with van der Waals surface area (Å²) in [6.45, 7) is 10.2. The number of aldehydes is 1. The van der Waals surface area contributed by atoms with Crippen molar-refractivity contribution in [2.75, 3.05) is 13.6 Å².